The van der Waals surface area contributed by atoms with Gasteiger partial charge in [-0.05, 0) is 42.3 Å². The van der Waals surface area contributed by atoms with Crippen molar-refractivity contribution in [1.82, 2.24) is 0 Å². The molecule has 0 bridgehead atoms. The third kappa shape index (κ3) is 7.57. The molecular formula is C18H20O5. The van der Waals surface area contributed by atoms with Gasteiger partial charge in [-0.25, -0.2) is 0 Å². The van der Waals surface area contributed by atoms with Gasteiger partial charge in [0.25, 0.3) is 0 Å². The van der Waals surface area contributed by atoms with Crippen molar-refractivity contribution >= 4 is 18.1 Å². The molecule has 0 aliphatic rings. The van der Waals surface area contributed by atoms with Crippen molar-refractivity contribution in [3.8, 4) is 17.2 Å². The van der Waals surface area contributed by atoms with Crippen LogP contribution in [0.15, 0.2) is 42.5 Å². The summed E-state index contributed by atoms with van der Waals surface area (Å²) in [4.78, 5) is 9.82. The van der Waals surface area contributed by atoms with Crippen LogP contribution in [0.5, 0.6) is 17.2 Å². The van der Waals surface area contributed by atoms with Crippen LogP contribution in [0.4, 0.5) is 0 Å². The predicted molar refractivity (Wildman–Crippen MR) is 89.1 cm³/mol. The first-order chi connectivity index (χ1) is 10.9. The fourth-order valence-electron chi connectivity index (χ4n) is 1.70. The van der Waals surface area contributed by atoms with Gasteiger partial charge in [-0.3, -0.25) is 4.79 Å². The van der Waals surface area contributed by atoms with E-state index in [-0.39, 0.29) is 23.2 Å². The summed E-state index contributed by atoms with van der Waals surface area (Å²) in [5.41, 5.74) is 1.63. The molecular weight excluding hydrogens is 296 g/mol. The Morgan fingerprint density at radius 3 is 1.87 bits per heavy atom. The first-order valence-corrected chi connectivity index (χ1v) is 7.04. The Kier molecular flexibility index (Phi) is 7.20. The van der Waals surface area contributed by atoms with E-state index in [1.807, 2.05) is 6.08 Å². The topological polar surface area (TPSA) is 87.0 Å². The van der Waals surface area contributed by atoms with Crippen LogP contribution in [-0.2, 0) is 9.53 Å². The fraction of sp³-hybridized carbons (Fsp3) is 0.167. The third-order valence-electron chi connectivity index (χ3n) is 2.63. The zero-order chi connectivity index (χ0) is 17.2. The van der Waals surface area contributed by atoms with Crippen LogP contribution in [0, 0.1) is 0 Å². The highest BCUT2D eigenvalue weighted by atomic mass is 16.5. The van der Waals surface area contributed by atoms with Crippen molar-refractivity contribution in [3.05, 3.63) is 53.6 Å². The number of ether oxygens (including phenoxy) is 1. The largest absolute Gasteiger partial charge is 0.508 e. The maximum atomic E-state index is 9.82. The van der Waals surface area contributed by atoms with E-state index in [1.165, 1.54) is 13.0 Å². The molecule has 0 saturated carbocycles. The van der Waals surface area contributed by atoms with Crippen LogP contribution >= 0.6 is 0 Å². The molecule has 0 aliphatic heterocycles. The average molecular weight is 316 g/mol. The van der Waals surface area contributed by atoms with Crippen LogP contribution in [0.1, 0.15) is 25.0 Å². The molecule has 5 nitrogen and oxygen atoms in total. The third-order valence-corrected chi connectivity index (χ3v) is 2.63. The predicted octanol–water partition coefficient (Wildman–Crippen LogP) is 3.54. The molecule has 2 rings (SSSR count). The number of phenols is 3. The van der Waals surface area contributed by atoms with Gasteiger partial charge in [0.05, 0.1) is 6.61 Å². The Hall–Kier alpha value is -2.95. The van der Waals surface area contributed by atoms with Crippen LogP contribution in [0.25, 0.3) is 12.2 Å². The molecule has 23 heavy (non-hydrogen) atoms. The van der Waals surface area contributed by atoms with E-state index in [0.717, 1.165) is 5.56 Å². The molecule has 0 aromatic heterocycles. The summed E-state index contributed by atoms with van der Waals surface area (Å²) in [6.45, 7) is 3.65. The molecule has 2 aromatic carbocycles. The summed E-state index contributed by atoms with van der Waals surface area (Å²) in [5.74, 6) is 0.0559. The molecule has 3 N–H and O–H groups in total. The summed E-state index contributed by atoms with van der Waals surface area (Å²) >= 11 is 0. The normalized spacial score (nSPS) is 10.0. The van der Waals surface area contributed by atoms with E-state index in [4.69, 9.17) is 5.11 Å². The second kappa shape index (κ2) is 9.15. The molecule has 0 unspecified atom stereocenters. The minimum Gasteiger partial charge on any atom is -0.508 e. The first-order valence-electron chi connectivity index (χ1n) is 7.04. The van der Waals surface area contributed by atoms with Gasteiger partial charge in [0.2, 0.25) is 0 Å². The van der Waals surface area contributed by atoms with Gasteiger partial charge < -0.3 is 20.1 Å². The fourth-order valence-corrected chi connectivity index (χ4v) is 1.70. The highest BCUT2D eigenvalue weighted by Gasteiger charge is 1.95. The Morgan fingerprint density at radius 1 is 0.913 bits per heavy atom. The van der Waals surface area contributed by atoms with Gasteiger partial charge in [0.15, 0.2) is 0 Å². The van der Waals surface area contributed by atoms with E-state index in [1.54, 1.807) is 49.4 Å². The van der Waals surface area contributed by atoms with Crippen molar-refractivity contribution in [2.45, 2.75) is 13.8 Å². The van der Waals surface area contributed by atoms with E-state index < -0.39 is 0 Å². The summed E-state index contributed by atoms with van der Waals surface area (Å²) in [6, 6.07) is 11.1. The average Bonchev–Trinajstić information content (AvgIpc) is 2.46. The van der Waals surface area contributed by atoms with Gasteiger partial charge >= 0.3 is 5.97 Å². The van der Waals surface area contributed by atoms with Gasteiger partial charge in [-0.1, -0.05) is 24.3 Å². The quantitative estimate of drug-likeness (QED) is 0.595. The lowest BCUT2D eigenvalue weighted by atomic mass is 10.1. The molecule has 0 amide bonds. The van der Waals surface area contributed by atoms with Crippen molar-refractivity contribution in [2.24, 2.45) is 0 Å². The number of phenolic OH excluding ortho intramolecular Hbond substituents is 3. The monoisotopic (exact) mass is 316 g/mol. The van der Waals surface area contributed by atoms with Crippen molar-refractivity contribution in [2.75, 3.05) is 6.61 Å². The lowest BCUT2D eigenvalue weighted by Crippen LogP contribution is -1.95. The summed E-state index contributed by atoms with van der Waals surface area (Å²) in [6.07, 6.45) is 3.60. The lowest BCUT2D eigenvalue weighted by Gasteiger charge is -1.98. The minimum atomic E-state index is -0.211. The van der Waals surface area contributed by atoms with Crippen LogP contribution < -0.4 is 0 Å². The summed E-state index contributed by atoms with van der Waals surface area (Å²) < 4.78 is 4.40. The molecule has 0 saturated heterocycles. The molecule has 0 atom stereocenters. The number of carbonyl (C=O) groups is 1. The molecule has 2 aromatic rings. The van der Waals surface area contributed by atoms with Crippen LogP contribution in [-0.4, -0.2) is 27.9 Å². The van der Waals surface area contributed by atoms with E-state index in [9.17, 15) is 15.0 Å². The van der Waals surface area contributed by atoms with Crippen LogP contribution in [0.3, 0.4) is 0 Å². The number of carbonyl (C=O) groups excluding carboxylic acids is 1. The highest BCUT2D eigenvalue weighted by molar-refractivity contribution is 5.71. The molecule has 5 heteroatoms. The zero-order valence-corrected chi connectivity index (χ0v) is 13.1. The lowest BCUT2D eigenvalue weighted by molar-refractivity contribution is -0.140. The first kappa shape index (κ1) is 18.1. The number of hydrogen-bond acceptors (Lipinski definition) is 5. The van der Waals surface area contributed by atoms with E-state index in [2.05, 4.69) is 4.74 Å². The highest BCUT2D eigenvalue weighted by Crippen LogP contribution is 2.22. The van der Waals surface area contributed by atoms with Gasteiger partial charge in [0, 0.05) is 13.0 Å². The molecule has 0 aliphatic carbocycles. The van der Waals surface area contributed by atoms with Gasteiger partial charge in [-0.15, -0.1) is 0 Å². The second-order valence-corrected chi connectivity index (χ2v) is 4.63. The minimum absolute atomic E-state index is 0.0235. The second-order valence-electron chi connectivity index (χ2n) is 4.63. The Labute approximate surface area is 135 Å². The van der Waals surface area contributed by atoms with Gasteiger partial charge in [-0.2, -0.15) is 0 Å². The number of rotatable bonds is 3. The van der Waals surface area contributed by atoms with Crippen molar-refractivity contribution in [3.63, 3.8) is 0 Å². The molecule has 0 spiro atoms. The Morgan fingerprint density at radius 2 is 1.43 bits per heavy atom. The zero-order valence-electron chi connectivity index (χ0n) is 13.1. The standard InChI is InChI=1S/C14H12O3.C4H8O2/c15-12-5-3-10(4-6-12)1-2-11-7-13(16)9-14(17)8-11;1-3-6-4(2)5/h1-9,15-17H;3H2,1-2H3. The maximum Gasteiger partial charge on any atom is 0.302 e. The van der Waals surface area contributed by atoms with Crippen LogP contribution in [0.2, 0.25) is 0 Å². The smallest absolute Gasteiger partial charge is 0.302 e. The number of esters is 1. The van der Waals surface area contributed by atoms with Crippen molar-refractivity contribution in [1.29, 1.82) is 0 Å². The Balaban J connectivity index is 0.000000379. The number of benzene rings is 2. The molecule has 0 heterocycles. The molecule has 0 fully saturated rings. The maximum absolute atomic E-state index is 9.82. The van der Waals surface area contributed by atoms with E-state index in [0.29, 0.717) is 12.2 Å². The summed E-state index contributed by atoms with van der Waals surface area (Å²) in [7, 11) is 0. The summed E-state index contributed by atoms with van der Waals surface area (Å²) in [5, 5.41) is 27.7. The molecule has 122 valence electrons. The number of hydrogen-bond donors (Lipinski definition) is 3. The van der Waals surface area contributed by atoms with E-state index >= 15 is 0 Å². The SMILES string of the molecule is CCOC(C)=O.Oc1ccc(C=Cc2cc(O)cc(O)c2)cc1. The Bertz CT molecular complexity index is 639. The van der Waals surface area contributed by atoms with Crippen molar-refractivity contribution < 1.29 is 24.9 Å². The van der Waals surface area contributed by atoms with Gasteiger partial charge in [0.1, 0.15) is 17.2 Å². The molecule has 0 radical (unpaired) electrons. The number of aromatic hydroxyl groups is 3.